The van der Waals surface area contributed by atoms with Gasteiger partial charge in [0.15, 0.2) is 0 Å². The van der Waals surface area contributed by atoms with Crippen LogP contribution in [0.15, 0.2) is 211 Å². The molecule has 2 aliphatic heterocycles. The fourth-order valence-corrected chi connectivity index (χ4v) is 23.2. The number of anilines is 10. The number of nitrogens with two attached hydrogens (primary N) is 2. The summed E-state index contributed by atoms with van der Waals surface area (Å²) < 4.78 is 51.8. The number of carbonyl (C=O) groups is 1. The van der Waals surface area contributed by atoms with Gasteiger partial charge in [0.05, 0.1) is 79.5 Å². The van der Waals surface area contributed by atoms with E-state index in [1.165, 1.54) is 46.5 Å². The molecule has 11 N–H and O–H groups in total. The third kappa shape index (κ3) is 25.0. The SMILES string of the molecule is CC(=O)Cc1cccc(Nc2ncc3ccc4nc(CN(C)C)sc4c3n2)c1.CN(C)Cc1nc2ccc3cnc(Nc4cccc(S(N)(=O)=O)c4)nc3c2s1.Cc1cc(C)cc(Nc2ncc3ccc4nc(CN5CCNCC5)sc4c3n2)c1.Cc1cc(C)cc(Nc2ncc3ccc4sc(CN(C)C)nc4c3n2)c1.NS(=O)(=O)c1cccc(Nc2ncc3ccc4sc(CN5CCNCC5)nc4c3n2)c1. The number of hydrogen-bond donors (Lipinski definition) is 9. The van der Waals surface area contributed by atoms with Crippen molar-refractivity contribution in [2.75, 3.05) is 121 Å². The zero-order valence-corrected chi connectivity index (χ0v) is 85.7. The Kier molecular flexibility index (Phi) is 30.3. The number of benzene rings is 10. The number of rotatable bonds is 24. The third-order valence-electron chi connectivity index (χ3n) is 22.7. The Morgan fingerprint density at radius 3 is 1.04 bits per heavy atom. The van der Waals surface area contributed by atoms with Crippen LogP contribution in [0, 0.1) is 27.7 Å². The van der Waals surface area contributed by atoms with Crippen LogP contribution in [-0.4, -0.2) is 217 Å². The highest BCUT2D eigenvalue weighted by Gasteiger charge is 2.23. The molecule has 22 rings (SSSR count). The van der Waals surface area contributed by atoms with Gasteiger partial charge >= 0.3 is 0 Å². The van der Waals surface area contributed by atoms with Gasteiger partial charge in [-0.25, -0.2) is 102 Å². The van der Waals surface area contributed by atoms with E-state index in [-0.39, 0.29) is 15.6 Å². The average molecular weight is 2030 g/mol. The Bertz CT molecular complexity index is 8290. The molecule has 0 amide bonds. The lowest BCUT2D eigenvalue weighted by atomic mass is 10.1. The van der Waals surface area contributed by atoms with Crippen LogP contribution in [0.25, 0.3) is 106 Å². The molecule has 0 radical (unpaired) electrons. The van der Waals surface area contributed by atoms with Crippen molar-refractivity contribution in [3.63, 3.8) is 0 Å². The number of sulfonamides is 2. The Balaban J connectivity index is 0.000000117. The topological polar surface area (TPSA) is 431 Å². The van der Waals surface area contributed by atoms with Crippen molar-refractivity contribution < 1.29 is 21.6 Å². The van der Waals surface area contributed by atoms with Crippen LogP contribution in [0.5, 0.6) is 0 Å². The number of thiazole rings is 5. The monoisotopic (exact) mass is 2030 g/mol. The van der Waals surface area contributed by atoms with Crippen LogP contribution >= 0.6 is 56.7 Å². The van der Waals surface area contributed by atoms with Crippen LogP contribution in [0.2, 0.25) is 0 Å². The van der Waals surface area contributed by atoms with E-state index in [1.807, 2.05) is 101 Å². The highest BCUT2D eigenvalue weighted by atomic mass is 32.2. The summed E-state index contributed by atoms with van der Waals surface area (Å²) in [5.74, 6) is 2.62. The van der Waals surface area contributed by atoms with Crippen molar-refractivity contribution in [3.05, 3.63) is 254 Å². The second kappa shape index (κ2) is 43.6. The predicted octanol–water partition coefficient (Wildman–Crippen LogP) is 17.6. The number of aryl methyl sites for hydroxylation is 4. The normalized spacial score (nSPS) is 13.3. The van der Waals surface area contributed by atoms with Crippen LogP contribution < -0.4 is 47.5 Å². The zero-order chi connectivity index (χ0) is 99.0. The van der Waals surface area contributed by atoms with Gasteiger partial charge in [0, 0.05) is 165 Å². The van der Waals surface area contributed by atoms with E-state index in [0.29, 0.717) is 47.5 Å². The number of primary sulfonamides is 2. The van der Waals surface area contributed by atoms with Crippen molar-refractivity contribution >= 4 is 246 Å². The first-order valence-corrected chi connectivity index (χ1v) is 52.9. The van der Waals surface area contributed by atoms with E-state index < -0.39 is 20.0 Å². The fourth-order valence-electron chi connectivity index (χ4n) is 16.5. The highest BCUT2D eigenvalue weighted by Crippen LogP contribution is 2.38. The molecule has 34 nitrogen and oxygen atoms in total. The molecule has 0 saturated carbocycles. The van der Waals surface area contributed by atoms with E-state index in [0.717, 1.165) is 238 Å². The van der Waals surface area contributed by atoms with E-state index >= 15 is 0 Å². The lowest BCUT2D eigenvalue weighted by Gasteiger charge is -2.26. The molecule has 12 heterocycles. The fraction of sp³-hybridized carbons (Fsp3) is 0.248. The maximum Gasteiger partial charge on any atom is 0.238 e. The number of nitrogens with zero attached hydrogens (tertiary/aromatic N) is 20. The summed E-state index contributed by atoms with van der Waals surface area (Å²) in [6.07, 6.45) is 9.47. The van der Waals surface area contributed by atoms with Gasteiger partial charge in [-0.05, 0) is 238 Å². The molecule has 20 aromatic rings. The molecule has 2 aliphatic rings. The second-order valence-electron chi connectivity index (χ2n) is 35.6. The molecular weight excluding hydrogens is 1920 g/mol. The number of aromatic nitrogens is 15. The largest absolute Gasteiger partial charge is 0.324 e. The van der Waals surface area contributed by atoms with E-state index in [1.54, 1.807) is 100 Å². The van der Waals surface area contributed by atoms with Crippen LogP contribution in [0.4, 0.5) is 58.2 Å². The first kappa shape index (κ1) is 98.7. The maximum atomic E-state index is 11.6. The van der Waals surface area contributed by atoms with Crippen LogP contribution in [-0.2, 0) is 64.0 Å². The molecule has 142 heavy (non-hydrogen) atoms. The van der Waals surface area contributed by atoms with Crippen molar-refractivity contribution in [1.82, 2.24) is 110 Å². The minimum Gasteiger partial charge on any atom is -0.324 e. The van der Waals surface area contributed by atoms with Gasteiger partial charge < -0.3 is 51.9 Å². The van der Waals surface area contributed by atoms with Gasteiger partial charge in [-0.3, -0.25) is 14.6 Å². The molecule has 0 spiro atoms. The first-order chi connectivity index (χ1) is 68.3. The van der Waals surface area contributed by atoms with Gasteiger partial charge in [-0.1, -0.05) is 36.4 Å². The quantitative estimate of drug-likeness (QED) is 0.0271. The van der Waals surface area contributed by atoms with Crippen LogP contribution in [0.3, 0.4) is 0 Å². The van der Waals surface area contributed by atoms with Gasteiger partial charge in [0.2, 0.25) is 49.8 Å². The molecule has 2 saturated heterocycles. The van der Waals surface area contributed by atoms with Gasteiger partial charge in [-0.2, -0.15) is 0 Å². The number of hydrogen-bond acceptors (Lipinski definition) is 37. The number of nitrogens with one attached hydrogen (secondary N) is 7. The molecule has 2 fully saturated rings. The average Bonchev–Trinajstić information content (AvgIpc) is 1.63. The molecule has 726 valence electrons. The smallest absolute Gasteiger partial charge is 0.238 e. The number of carbonyl (C=O) groups excluding carboxylic acids is 1. The standard InChI is InChI=1S/C22H24N6S.C21H21N5OS.C20H21N7O2S2.C20H21N5S.C18H18N6O2S2/c1-14-9-15(2)11-17(10-14)25-22-24-12-16-3-4-18-21(20(16)27-22)29-19(26-18)13-28-7-5-23-6-8-28;1-13(27)9-14-5-4-6-16(10-14)23-21-22-11-15-7-8-17-20(19(15)25-21)28-18(24-17)12-26(2)3;21-31(28,29)15-3-1-2-14(10-15)24-20-23-11-13-4-5-16-19(18(13)26-20)25-17(30-16)12-27-8-6-22-7-9-27;1-12-7-13(2)9-15(8-12)22-20-21-10-14-5-6-16-19(18(14)24-20)23-17(26-16)11-25(3)4;1-24(2)10-15-22-14-7-6-11-9-20-18(23-16(11)17(14)27-15)21-12-4-3-5-13(8-12)28(19,25)26/h3-4,9-12,23H,5-8,13H2,1-2H3,(H,24,25,27);4-8,10-11H,9,12H2,1-3H3,(H,22,23,25);1-5,10-11,22H,6-9,12H2,(H2,21,28,29)(H,23,24,26);5-10H,11H2,1-4H3,(H,21,22,24);3-9H,10H2,1-2H3,(H2,19,25,26)(H,20,21,23). The van der Waals surface area contributed by atoms with Crippen molar-refractivity contribution in [1.29, 1.82) is 0 Å². The van der Waals surface area contributed by atoms with Crippen molar-refractivity contribution in [2.45, 2.75) is 83.6 Å². The summed E-state index contributed by atoms with van der Waals surface area (Å²) in [4.78, 5) is 92.3. The summed E-state index contributed by atoms with van der Waals surface area (Å²) in [6, 6.07) is 53.3. The number of fused-ring (bicyclic) bond motifs is 15. The molecule has 0 aliphatic carbocycles. The summed E-state index contributed by atoms with van der Waals surface area (Å²) in [5, 5.41) is 43.5. The summed E-state index contributed by atoms with van der Waals surface area (Å²) in [5.41, 5.74) is 18.8. The van der Waals surface area contributed by atoms with Gasteiger partial charge in [0.25, 0.3) is 0 Å². The molecule has 0 bridgehead atoms. The van der Waals surface area contributed by atoms with E-state index in [2.05, 4.69) is 210 Å². The van der Waals surface area contributed by atoms with Gasteiger partial charge in [-0.15, -0.1) is 56.7 Å². The second-order valence-corrected chi connectivity index (χ2v) is 44.2. The Morgan fingerprint density at radius 1 is 0.352 bits per heavy atom. The summed E-state index contributed by atoms with van der Waals surface area (Å²) >= 11 is 8.44. The highest BCUT2D eigenvalue weighted by molar-refractivity contribution is 7.89. The minimum absolute atomic E-state index is 0.0245. The number of Topliss-reactive ketones (excluding diaryl/α,β-unsaturated/α-hetero) is 1. The van der Waals surface area contributed by atoms with Crippen molar-refractivity contribution in [3.8, 4) is 0 Å². The van der Waals surface area contributed by atoms with E-state index in [4.69, 9.17) is 45.2 Å². The number of ketones is 1. The number of piperazine rings is 2. The first-order valence-electron chi connectivity index (χ1n) is 45.8. The Labute approximate surface area is 840 Å². The zero-order valence-electron chi connectivity index (χ0n) is 80.0. The summed E-state index contributed by atoms with van der Waals surface area (Å²) in [6.45, 7) is 22.4. The molecule has 0 unspecified atom stereocenters. The lowest BCUT2D eigenvalue weighted by Crippen LogP contribution is -2.42. The molecular formula is C101H105N29O5S7. The van der Waals surface area contributed by atoms with Gasteiger partial charge in [0.1, 0.15) is 52.9 Å². The third-order valence-corrected chi connectivity index (χ3v) is 29.7. The predicted molar refractivity (Wildman–Crippen MR) is 577 cm³/mol. The minimum atomic E-state index is -3.79. The van der Waals surface area contributed by atoms with Crippen LogP contribution in [0.1, 0.15) is 59.8 Å². The maximum absolute atomic E-state index is 11.6. The molecule has 10 aromatic heterocycles. The Hall–Kier alpha value is -13.4. The Morgan fingerprint density at radius 2 is 0.662 bits per heavy atom. The summed E-state index contributed by atoms with van der Waals surface area (Å²) in [7, 11) is 4.62. The lowest BCUT2D eigenvalue weighted by molar-refractivity contribution is -0.116. The molecule has 41 heteroatoms. The molecule has 0 atom stereocenters. The molecule has 10 aromatic carbocycles. The van der Waals surface area contributed by atoms with Crippen molar-refractivity contribution in [2.24, 2.45) is 10.3 Å². The van der Waals surface area contributed by atoms with E-state index in [9.17, 15) is 21.6 Å².